The van der Waals surface area contributed by atoms with E-state index in [2.05, 4.69) is 32.2 Å². The number of carbonyl (C=O) groups is 2. The molecule has 2 aromatic carbocycles. The zero-order valence-electron chi connectivity index (χ0n) is 12.6. The average Bonchev–Trinajstić information content (AvgIpc) is 2.49. The first-order valence-electron chi connectivity index (χ1n) is 6.66. The zero-order valence-corrected chi connectivity index (χ0v) is 19.9. The van der Waals surface area contributed by atoms with Gasteiger partial charge in [-0.3, -0.25) is 0 Å². The molecule has 0 aliphatic carbocycles. The van der Waals surface area contributed by atoms with Crippen molar-refractivity contribution in [1.82, 2.24) is 0 Å². The van der Waals surface area contributed by atoms with E-state index in [0.717, 1.165) is 26.1 Å². The first-order chi connectivity index (χ1) is 10.8. The van der Waals surface area contributed by atoms with Gasteiger partial charge in [-0.15, -0.1) is 25.3 Å². The van der Waals surface area contributed by atoms with Crippen LogP contribution in [0.2, 0.25) is 3.93 Å². The molecule has 0 heterocycles. The van der Waals surface area contributed by atoms with E-state index >= 15 is 0 Å². The van der Waals surface area contributed by atoms with Crippen molar-refractivity contribution in [3.63, 3.8) is 0 Å². The molecule has 0 radical (unpaired) electrons. The number of carboxylic acids is 2. The van der Waals surface area contributed by atoms with Crippen LogP contribution >= 0.6 is 25.3 Å². The van der Waals surface area contributed by atoms with Crippen molar-refractivity contribution in [2.75, 3.05) is 0 Å². The third-order valence-electron chi connectivity index (χ3n) is 2.27. The summed E-state index contributed by atoms with van der Waals surface area (Å²) in [6.45, 7) is 2.21. The maximum absolute atomic E-state index is 10.4. The van der Waals surface area contributed by atoms with Crippen molar-refractivity contribution < 1.29 is 45.9 Å². The smallest absolute Gasteiger partial charge is 0.336 e. The van der Waals surface area contributed by atoms with Crippen LogP contribution < -0.4 is 0 Å². The van der Waals surface area contributed by atoms with Gasteiger partial charge in [0.05, 0.1) is 11.1 Å². The Morgan fingerprint density at radius 2 is 1.13 bits per heavy atom. The van der Waals surface area contributed by atoms with E-state index in [-0.39, 0.29) is 11.1 Å². The molecule has 2 rings (SSSR count). The van der Waals surface area contributed by atoms with Gasteiger partial charge in [0.15, 0.2) is 0 Å². The monoisotopic (exact) mass is 539 g/mol. The minimum absolute atomic E-state index is 0.242. The Hall–Kier alpha value is -0.985. The van der Waals surface area contributed by atoms with Gasteiger partial charge in [0.25, 0.3) is 0 Å². The van der Waals surface area contributed by atoms with Crippen LogP contribution in [-0.4, -0.2) is 22.2 Å². The van der Waals surface area contributed by atoms with Crippen molar-refractivity contribution in [1.29, 1.82) is 0 Å². The van der Waals surface area contributed by atoms with Gasteiger partial charge in [0.1, 0.15) is 0 Å². The number of aromatic carboxylic acids is 2. The molecular weight excluding hydrogens is 521 g/mol. The predicted molar refractivity (Wildman–Crippen MR) is 91.8 cm³/mol. The summed E-state index contributed by atoms with van der Waals surface area (Å²) in [6, 6.07) is 13.2. The molecule has 23 heavy (non-hydrogen) atoms. The number of carboxylic acid groups (broad SMARTS) is 2. The van der Waals surface area contributed by atoms with Crippen LogP contribution in [0.15, 0.2) is 58.3 Å². The molecule has 0 aromatic heterocycles. The Kier molecular flexibility index (Phi) is 11.9. The first kappa shape index (κ1) is 22.0. The normalized spacial score (nSPS) is 8.91. The van der Waals surface area contributed by atoms with Crippen molar-refractivity contribution in [3.8, 4) is 0 Å². The van der Waals surface area contributed by atoms with Gasteiger partial charge >= 0.3 is 48.9 Å². The second kappa shape index (κ2) is 12.4. The van der Waals surface area contributed by atoms with Crippen LogP contribution in [0.1, 0.15) is 27.6 Å². The Bertz CT molecular complexity index is 592. The fraction of sp³-hybridized carbons (Fsp3) is 0.125. The number of hydrogen-bond acceptors (Lipinski definition) is 4. The summed E-state index contributed by atoms with van der Waals surface area (Å²) < 4.78 is 1.44. The van der Waals surface area contributed by atoms with Crippen LogP contribution in [0, 0.1) is 0 Å². The Morgan fingerprint density at radius 1 is 0.870 bits per heavy atom. The minimum atomic E-state index is -0.939. The van der Waals surface area contributed by atoms with Crippen LogP contribution in [-0.2, 0) is 26.1 Å². The number of hydrogen-bond donors (Lipinski definition) is 4. The first-order valence-corrected chi connectivity index (χ1v) is 11.4. The topological polar surface area (TPSA) is 74.6 Å². The van der Waals surface area contributed by atoms with Gasteiger partial charge < -0.3 is 10.2 Å². The third-order valence-corrected chi connectivity index (χ3v) is 3.05. The van der Waals surface area contributed by atoms with Crippen LogP contribution in [0.5, 0.6) is 0 Å². The van der Waals surface area contributed by atoms with E-state index in [4.69, 9.17) is 10.2 Å². The standard InChI is InChI=1S/2C7H6O2S.C2H5.Hg/c2*8-7(9)5-3-1-2-4-6(5)10;1-2;/h2*1-4,10H,(H,8,9);1H2,2H3;. The second-order valence-corrected chi connectivity index (χ2v) is 9.00. The summed E-state index contributed by atoms with van der Waals surface area (Å²) in [5.41, 5.74) is 0.483. The van der Waals surface area contributed by atoms with Crippen LogP contribution in [0.3, 0.4) is 0 Å². The summed E-state index contributed by atoms with van der Waals surface area (Å²) >= 11 is 8.98. The fourth-order valence-corrected chi connectivity index (χ4v) is 1.82. The van der Waals surface area contributed by atoms with E-state index in [0.29, 0.717) is 9.79 Å². The third kappa shape index (κ3) is 9.03. The molecule has 2 N–H and O–H groups in total. The number of thiol groups is 2. The molecule has 0 spiro atoms. The van der Waals surface area contributed by atoms with E-state index in [1.165, 1.54) is 16.1 Å². The Labute approximate surface area is 162 Å². The van der Waals surface area contributed by atoms with Gasteiger partial charge in [-0.1, -0.05) is 24.3 Å². The van der Waals surface area contributed by atoms with Crippen LogP contribution in [0.25, 0.3) is 0 Å². The SMILES string of the molecule is C[CH2][Hg].O=C(O)c1ccccc1S.O=C(O)c1ccccc1S. The Balaban J connectivity index is 0.000000360. The van der Waals surface area contributed by atoms with Crippen molar-refractivity contribution >= 4 is 37.2 Å². The minimum Gasteiger partial charge on any atom is -0.478 e. The van der Waals surface area contributed by atoms with Gasteiger partial charge in [0, 0.05) is 9.79 Å². The molecule has 2 aromatic rings. The van der Waals surface area contributed by atoms with Gasteiger partial charge in [0.2, 0.25) is 0 Å². The van der Waals surface area contributed by atoms with Crippen molar-refractivity contribution in [2.24, 2.45) is 0 Å². The van der Waals surface area contributed by atoms with Gasteiger partial charge in [-0.25, -0.2) is 9.59 Å². The van der Waals surface area contributed by atoms with E-state index in [1.807, 2.05) is 0 Å². The molecule has 0 atom stereocenters. The predicted octanol–water partition coefficient (Wildman–Crippen LogP) is 4.32. The maximum Gasteiger partial charge on any atom is 0.336 e. The van der Waals surface area contributed by atoms with Gasteiger partial charge in [-0.2, -0.15) is 0 Å². The van der Waals surface area contributed by atoms with E-state index < -0.39 is 11.9 Å². The number of benzene rings is 2. The van der Waals surface area contributed by atoms with E-state index in [1.54, 1.807) is 36.4 Å². The van der Waals surface area contributed by atoms with Crippen LogP contribution in [0.4, 0.5) is 0 Å². The summed E-state index contributed by atoms with van der Waals surface area (Å²) in [6.07, 6.45) is 0. The molecular formula is C16H17HgO4S2. The molecule has 0 fully saturated rings. The van der Waals surface area contributed by atoms with Crippen molar-refractivity contribution in [3.05, 3.63) is 59.7 Å². The quantitative estimate of drug-likeness (QED) is 0.340. The summed E-state index contributed by atoms with van der Waals surface area (Å²) in [7, 11) is 0. The van der Waals surface area contributed by atoms with Crippen molar-refractivity contribution in [2.45, 2.75) is 20.6 Å². The molecule has 4 nitrogen and oxygen atoms in total. The zero-order chi connectivity index (χ0) is 17.8. The molecule has 0 saturated heterocycles. The molecule has 0 saturated carbocycles. The summed E-state index contributed by atoms with van der Waals surface area (Å²) in [5.74, 6) is -1.88. The molecule has 0 aliphatic heterocycles. The Morgan fingerprint density at radius 3 is 1.30 bits per heavy atom. The molecule has 0 aliphatic rings. The second-order valence-electron chi connectivity index (χ2n) is 4.14. The largest absolute Gasteiger partial charge is 0.478 e. The summed E-state index contributed by atoms with van der Waals surface area (Å²) in [5, 5.41) is 17.0. The summed E-state index contributed by atoms with van der Waals surface area (Å²) in [4.78, 5) is 21.7. The fourth-order valence-electron chi connectivity index (χ4n) is 1.31. The average molecular weight is 538 g/mol. The maximum atomic E-state index is 10.4. The molecule has 7 heteroatoms. The molecule has 0 bridgehead atoms. The number of rotatable bonds is 2. The molecule has 119 valence electrons. The molecule has 0 unspecified atom stereocenters. The van der Waals surface area contributed by atoms with E-state index in [9.17, 15) is 9.59 Å². The van der Waals surface area contributed by atoms with Gasteiger partial charge in [-0.05, 0) is 24.3 Å². The molecule has 0 amide bonds.